The summed E-state index contributed by atoms with van der Waals surface area (Å²) in [4.78, 5) is 2.49. The topological polar surface area (TPSA) is 12.1 Å². The highest BCUT2D eigenvalue weighted by atomic mass is 15.2. The molecule has 0 N–H and O–H groups in total. The Morgan fingerprint density at radius 1 is 0.344 bits per heavy atom. The highest BCUT2D eigenvalue weighted by Crippen LogP contribution is 2.52. The zero-order chi connectivity index (χ0) is 41.1. The van der Waals surface area contributed by atoms with Crippen LogP contribution in [-0.2, 0) is 10.8 Å². The van der Waals surface area contributed by atoms with Crippen LogP contribution in [0.3, 0.4) is 0 Å². The molecule has 0 aliphatic carbocycles. The molecule has 61 heavy (non-hydrogen) atoms. The summed E-state index contributed by atoms with van der Waals surface area (Å²) in [7, 11) is 0. The van der Waals surface area contributed by atoms with Crippen molar-refractivity contribution >= 4 is 115 Å². The Bertz CT molecular complexity index is 3890. The number of hydrogen-bond donors (Lipinski definition) is 0. The first kappa shape index (κ1) is 34.7. The maximum absolute atomic E-state index is 2.63. The van der Waals surface area contributed by atoms with Gasteiger partial charge in [0.15, 0.2) is 0 Å². The molecule has 0 spiro atoms. The second-order valence-corrected chi connectivity index (χ2v) is 19.4. The minimum absolute atomic E-state index is 0.0359. The minimum Gasteiger partial charge on any atom is -0.308 e. The molecule has 4 aromatic heterocycles. The van der Waals surface area contributed by atoms with E-state index in [0.717, 1.165) is 11.4 Å². The summed E-state index contributed by atoms with van der Waals surface area (Å²) >= 11 is 0. The van der Waals surface area contributed by atoms with Gasteiger partial charge < -0.3 is 13.7 Å². The van der Waals surface area contributed by atoms with Crippen LogP contribution in [0.2, 0.25) is 0 Å². The zero-order valence-corrected chi connectivity index (χ0v) is 35.4. The SMILES string of the molecule is CC(C)(C)c1cc2c3cc4ccccc4cc3n3c4ccc5c(c6cc(C(C)(C)C)cc7c8cc9ccccc9c(N(c9ccccc9)c9ccccc9)c8n5c76)c4c(c1)c23. The number of anilines is 3. The van der Waals surface area contributed by atoms with Gasteiger partial charge in [0, 0.05) is 59.9 Å². The van der Waals surface area contributed by atoms with Crippen LogP contribution in [0.1, 0.15) is 52.7 Å². The molecule has 0 saturated heterocycles. The van der Waals surface area contributed by atoms with Crippen LogP contribution in [-0.4, -0.2) is 8.80 Å². The number of fused-ring (bicyclic) bond motifs is 15. The molecule has 4 heterocycles. The summed E-state index contributed by atoms with van der Waals surface area (Å²) in [5.41, 5.74) is 13.7. The average Bonchev–Trinajstić information content (AvgIpc) is 3.98. The Hall–Kier alpha value is -7.10. The smallest absolute Gasteiger partial charge is 0.0789 e. The number of hydrogen-bond acceptors (Lipinski definition) is 1. The van der Waals surface area contributed by atoms with Crippen molar-refractivity contribution in [2.45, 2.75) is 52.4 Å². The molecule has 3 heteroatoms. The lowest BCUT2D eigenvalue weighted by Crippen LogP contribution is -2.11. The van der Waals surface area contributed by atoms with Crippen molar-refractivity contribution in [2.24, 2.45) is 0 Å². The van der Waals surface area contributed by atoms with Crippen LogP contribution < -0.4 is 4.90 Å². The standard InChI is InChI=1S/C58H45N3/c1-57(2,3)37-30-44-42-27-34-17-13-14-18-35(34)29-50(42)60-48-25-26-49-52(51(48)46(32-37)53(44)60)47-33-38(58(4,5)6)31-45-43-28-36-19-15-16-24-41(36)55(56(43)61(49)54(45)47)59(39-20-9-7-10-21-39)40-22-11-8-12-23-40/h7-33H,1-6H3. The van der Waals surface area contributed by atoms with E-state index in [0.29, 0.717) is 0 Å². The molecule has 9 aromatic carbocycles. The third kappa shape index (κ3) is 4.64. The average molecular weight is 784 g/mol. The van der Waals surface area contributed by atoms with Crippen molar-refractivity contribution in [1.29, 1.82) is 0 Å². The maximum atomic E-state index is 2.63. The molecular weight excluding hydrogens is 739 g/mol. The molecule has 0 aliphatic rings. The summed E-state index contributed by atoms with van der Waals surface area (Å²) in [6.45, 7) is 14.1. The number of benzene rings is 9. The maximum Gasteiger partial charge on any atom is 0.0789 e. The van der Waals surface area contributed by atoms with Gasteiger partial charge in [0.2, 0.25) is 0 Å². The van der Waals surface area contributed by atoms with Crippen LogP contribution >= 0.6 is 0 Å². The highest BCUT2D eigenvalue weighted by Gasteiger charge is 2.30. The van der Waals surface area contributed by atoms with Gasteiger partial charge in [-0.3, -0.25) is 0 Å². The van der Waals surface area contributed by atoms with E-state index in [2.05, 4.69) is 219 Å². The van der Waals surface area contributed by atoms with Crippen molar-refractivity contribution < 1.29 is 0 Å². The molecule has 0 fully saturated rings. The summed E-state index contributed by atoms with van der Waals surface area (Å²) < 4.78 is 5.21. The van der Waals surface area contributed by atoms with Crippen molar-refractivity contribution in [3.05, 3.63) is 175 Å². The molecule has 0 aliphatic heterocycles. The number of para-hydroxylation sites is 2. The monoisotopic (exact) mass is 783 g/mol. The predicted octanol–water partition coefficient (Wildman–Crippen LogP) is 16.4. The Balaban J connectivity index is 1.29. The Morgan fingerprint density at radius 2 is 0.787 bits per heavy atom. The largest absolute Gasteiger partial charge is 0.308 e. The molecule has 292 valence electrons. The van der Waals surface area contributed by atoms with E-state index >= 15 is 0 Å². The van der Waals surface area contributed by atoms with E-state index in [-0.39, 0.29) is 10.8 Å². The molecule has 0 bridgehead atoms. The summed E-state index contributed by atoms with van der Waals surface area (Å²) in [6.07, 6.45) is 0. The van der Waals surface area contributed by atoms with Gasteiger partial charge in [-0.1, -0.05) is 126 Å². The van der Waals surface area contributed by atoms with Gasteiger partial charge >= 0.3 is 0 Å². The van der Waals surface area contributed by atoms with Gasteiger partial charge in [-0.2, -0.15) is 0 Å². The van der Waals surface area contributed by atoms with E-state index in [1.807, 2.05) is 0 Å². The van der Waals surface area contributed by atoms with E-state index in [9.17, 15) is 0 Å². The van der Waals surface area contributed by atoms with Gasteiger partial charge in [-0.05, 0) is 117 Å². The van der Waals surface area contributed by atoms with E-state index < -0.39 is 0 Å². The third-order valence-corrected chi connectivity index (χ3v) is 13.7. The van der Waals surface area contributed by atoms with Gasteiger partial charge in [0.1, 0.15) is 0 Å². The first-order chi connectivity index (χ1) is 29.5. The highest BCUT2D eigenvalue weighted by molar-refractivity contribution is 6.37. The molecule has 0 amide bonds. The lowest BCUT2D eigenvalue weighted by atomic mass is 9.84. The molecule has 0 saturated carbocycles. The van der Waals surface area contributed by atoms with E-state index in [4.69, 9.17) is 0 Å². The fourth-order valence-corrected chi connectivity index (χ4v) is 10.8. The molecule has 0 radical (unpaired) electrons. The van der Waals surface area contributed by atoms with Gasteiger partial charge in [0.05, 0.1) is 38.8 Å². The fraction of sp³-hybridized carbons (Fsp3) is 0.138. The lowest BCUT2D eigenvalue weighted by molar-refractivity contribution is 0.591. The molecule has 13 rings (SSSR count). The summed E-state index contributed by atoms with van der Waals surface area (Å²) in [5.74, 6) is 0. The second kappa shape index (κ2) is 11.8. The first-order valence-corrected chi connectivity index (χ1v) is 21.7. The van der Waals surface area contributed by atoms with Crippen LogP contribution in [0.4, 0.5) is 17.1 Å². The van der Waals surface area contributed by atoms with Crippen LogP contribution in [0.25, 0.3) is 97.7 Å². The molecular formula is C58H45N3. The Kier molecular flexibility index (Phi) is 6.72. The van der Waals surface area contributed by atoms with E-state index in [1.165, 1.54) is 115 Å². The fourth-order valence-electron chi connectivity index (χ4n) is 10.8. The van der Waals surface area contributed by atoms with Crippen LogP contribution in [0.15, 0.2) is 164 Å². The number of nitrogens with zero attached hydrogens (tertiary/aromatic N) is 3. The van der Waals surface area contributed by atoms with Gasteiger partial charge in [-0.25, -0.2) is 0 Å². The van der Waals surface area contributed by atoms with Crippen molar-refractivity contribution in [1.82, 2.24) is 8.80 Å². The summed E-state index contributed by atoms with van der Waals surface area (Å²) in [6, 6.07) is 61.7. The third-order valence-electron chi connectivity index (χ3n) is 13.7. The zero-order valence-electron chi connectivity index (χ0n) is 35.4. The van der Waals surface area contributed by atoms with Crippen molar-refractivity contribution in [3.63, 3.8) is 0 Å². The molecule has 0 unspecified atom stereocenters. The van der Waals surface area contributed by atoms with Gasteiger partial charge in [-0.15, -0.1) is 0 Å². The molecule has 0 atom stereocenters. The first-order valence-electron chi connectivity index (χ1n) is 21.7. The predicted molar refractivity (Wildman–Crippen MR) is 263 cm³/mol. The Morgan fingerprint density at radius 3 is 1.38 bits per heavy atom. The molecule has 3 nitrogen and oxygen atoms in total. The van der Waals surface area contributed by atoms with Crippen LogP contribution in [0.5, 0.6) is 0 Å². The molecule has 13 aromatic rings. The normalized spacial score (nSPS) is 13.1. The van der Waals surface area contributed by atoms with Gasteiger partial charge in [0.25, 0.3) is 0 Å². The number of rotatable bonds is 3. The van der Waals surface area contributed by atoms with Crippen LogP contribution in [0, 0.1) is 0 Å². The van der Waals surface area contributed by atoms with Crippen molar-refractivity contribution in [3.8, 4) is 0 Å². The lowest BCUT2D eigenvalue weighted by Gasteiger charge is -2.28. The Labute approximate surface area is 354 Å². The quantitative estimate of drug-likeness (QED) is 0.174. The second-order valence-electron chi connectivity index (χ2n) is 19.4. The minimum atomic E-state index is -0.0679. The number of aromatic nitrogens is 2. The summed E-state index contributed by atoms with van der Waals surface area (Å²) in [5, 5.41) is 15.6. The van der Waals surface area contributed by atoms with Crippen molar-refractivity contribution in [2.75, 3.05) is 4.90 Å². The van der Waals surface area contributed by atoms with E-state index in [1.54, 1.807) is 0 Å².